The Labute approximate surface area is 195 Å². The van der Waals surface area contributed by atoms with Crippen LogP contribution in [0.5, 0.6) is 0 Å². The second-order valence-corrected chi connectivity index (χ2v) is 9.47. The molecule has 0 aliphatic heterocycles. The number of anilines is 1. The highest BCUT2D eigenvalue weighted by Crippen LogP contribution is 2.36. The van der Waals surface area contributed by atoms with Crippen molar-refractivity contribution < 1.29 is 26.4 Å². The predicted octanol–water partition coefficient (Wildman–Crippen LogP) is 4.52. The number of benzene rings is 2. The monoisotopic (exact) mass is 499 g/mol. The van der Waals surface area contributed by atoms with Gasteiger partial charge in [-0.1, -0.05) is 12.1 Å². The smallest absolute Gasteiger partial charge is 0.358 e. The number of carbonyl (C=O) groups excluding carboxylic acids is 1. The lowest BCUT2D eigenvalue weighted by Crippen LogP contribution is -2.27. The molecule has 0 radical (unpaired) electrons. The van der Waals surface area contributed by atoms with Gasteiger partial charge >= 0.3 is 6.18 Å². The fourth-order valence-corrected chi connectivity index (χ4v) is 4.60. The minimum Gasteiger partial charge on any atom is -0.358 e. The molecular weight excluding hydrogens is 479 g/mol. The van der Waals surface area contributed by atoms with Gasteiger partial charge in [0.25, 0.3) is 0 Å². The third kappa shape index (κ3) is 5.93. The fraction of sp³-hybridized carbons (Fsp3) is 0.273. The maximum atomic E-state index is 13.1. The summed E-state index contributed by atoms with van der Waals surface area (Å²) in [6.07, 6.45) is -2.54. The standard InChI is InChI=1S/C22H20F3N3O3S.ClH/c1-32(30,31)19-10-13(12-26)8-9-16(19)21(27)20-17(6-3-7-18(20)29)28-15-5-2-4-14(11-15)22(23,24)25;/h2,4-5,8-11,21,28H,3,6-7,27H2,1H3;1H. The summed E-state index contributed by atoms with van der Waals surface area (Å²) in [7, 11) is -3.78. The normalized spacial score (nSPS) is 15.5. The van der Waals surface area contributed by atoms with Crippen LogP contribution in [0.25, 0.3) is 0 Å². The molecule has 1 atom stereocenters. The molecule has 0 aromatic heterocycles. The van der Waals surface area contributed by atoms with Crippen molar-refractivity contribution in [1.29, 1.82) is 5.26 Å². The van der Waals surface area contributed by atoms with Crippen LogP contribution in [0, 0.1) is 11.3 Å². The van der Waals surface area contributed by atoms with Gasteiger partial charge in [0.05, 0.1) is 28.1 Å². The molecule has 1 unspecified atom stereocenters. The lowest BCUT2D eigenvalue weighted by atomic mass is 9.86. The van der Waals surface area contributed by atoms with Crippen LogP contribution in [0.15, 0.2) is 58.6 Å². The SMILES string of the molecule is CS(=O)(=O)c1cc(C#N)ccc1C(N)C1=C(Nc2cccc(C(F)(F)F)c2)CCCC1=O.Cl. The average molecular weight is 500 g/mol. The summed E-state index contributed by atoms with van der Waals surface area (Å²) in [6.45, 7) is 0. The molecule has 176 valence electrons. The van der Waals surface area contributed by atoms with Gasteiger partial charge in [0.1, 0.15) is 0 Å². The Kier molecular flexibility index (Phi) is 7.96. The number of ketones is 1. The molecule has 0 bridgehead atoms. The molecule has 3 N–H and O–H groups in total. The first-order chi connectivity index (χ1) is 14.9. The molecule has 2 aromatic carbocycles. The first kappa shape index (κ1) is 26.4. The summed E-state index contributed by atoms with van der Waals surface area (Å²) >= 11 is 0. The van der Waals surface area contributed by atoms with E-state index >= 15 is 0 Å². The number of allylic oxidation sites excluding steroid dienone is 1. The fourth-order valence-electron chi connectivity index (χ4n) is 3.64. The minimum absolute atomic E-state index is 0. The summed E-state index contributed by atoms with van der Waals surface area (Å²) in [6, 6.07) is 9.25. The highest BCUT2D eigenvalue weighted by Gasteiger charge is 2.32. The highest BCUT2D eigenvalue weighted by molar-refractivity contribution is 7.90. The van der Waals surface area contributed by atoms with Gasteiger partial charge in [-0.05, 0) is 48.7 Å². The van der Waals surface area contributed by atoms with E-state index in [9.17, 15) is 26.4 Å². The molecule has 0 spiro atoms. The molecule has 1 aliphatic rings. The van der Waals surface area contributed by atoms with Crippen molar-refractivity contribution >= 4 is 33.7 Å². The Morgan fingerprint density at radius 2 is 1.85 bits per heavy atom. The van der Waals surface area contributed by atoms with Gasteiger partial charge in [-0.15, -0.1) is 12.4 Å². The molecular formula is C22H21ClF3N3O3S. The van der Waals surface area contributed by atoms with Crippen LogP contribution < -0.4 is 11.1 Å². The lowest BCUT2D eigenvalue weighted by Gasteiger charge is -2.26. The van der Waals surface area contributed by atoms with Crippen LogP contribution in [0.1, 0.15) is 42.0 Å². The quantitative estimate of drug-likeness (QED) is 0.625. The van der Waals surface area contributed by atoms with E-state index in [0.717, 1.165) is 18.4 Å². The number of nitriles is 1. The van der Waals surface area contributed by atoms with Gasteiger partial charge in [0.2, 0.25) is 0 Å². The molecule has 33 heavy (non-hydrogen) atoms. The van der Waals surface area contributed by atoms with Gasteiger partial charge < -0.3 is 11.1 Å². The van der Waals surface area contributed by atoms with E-state index in [1.807, 2.05) is 6.07 Å². The summed E-state index contributed by atoms with van der Waals surface area (Å²) in [4.78, 5) is 12.6. The van der Waals surface area contributed by atoms with E-state index in [0.29, 0.717) is 18.5 Å². The molecule has 0 heterocycles. The number of nitrogens with zero attached hydrogens (tertiary/aromatic N) is 1. The van der Waals surface area contributed by atoms with Crippen LogP contribution in [-0.4, -0.2) is 20.5 Å². The topological polar surface area (TPSA) is 113 Å². The first-order valence-electron chi connectivity index (χ1n) is 9.62. The van der Waals surface area contributed by atoms with E-state index in [-0.39, 0.29) is 51.9 Å². The van der Waals surface area contributed by atoms with Gasteiger partial charge in [-0.2, -0.15) is 18.4 Å². The second-order valence-electron chi connectivity index (χ2n) is 7.49. The molecule has 2 aromatic rings. The molecule has 0 fully saturated rings. The third-order valence-corrected chi connectivity index (χ3v) is 6.28. The Balaban J connectivity index is 0.00000385. The number of rotatable bonds is 5. The van der Waals surface area contributed by atoms with E-state index in [1.165, 1.54) is 30.3 Å². The first-order valence-corrected chi connectivity index (χ1v) is 11.5. The molecule has 6 nitrogen and oxygen atoms in total. The van der Waals surface area contributed by atoms with Crippen LogP contribution >= 0.6 is 12.4 Å². The number of hydrogen-bond donors (Lipinski definition) is 2. The van der Waals surface area contributed by atoms with Gasteiger partial charge in [0.15, 0.2) is 15.6 Å². The van der Waals surface area contributed by atoms with Crippen molar-refractivity contribution in [1.82, 2.24) is 0 Å². The van der Waals surface area contributed by atoms with Crippen LogP contribution in [-0.2, 0) is 20.8 Å². The van der Waals surface area contributed by atoms with Crippen molar-refractivity contribution in [2.24, 2.45) is 5.73 Å². The maximum absolute atomic E-state index is 13.1. The zero-order valence-electron chi connectivity index (χ0n) is 17.4. The number of nitrogens with one attached hydrogen (secondary N) is 1. The Morgan fingerprint density at radius 1 is 1.15 bits per heavy atom. The van der Waals surface area contributed by atoms with Crippen molar-refractivity contribution in [3.8, 4) is 6.07 Å². The molecule has 3 rings (SSSR count). The summed E-state index contributed by atoms with van der Waals surface area (Å²) in [5.41, 5.74) is 6.35. The van der Waals surface area contributed by atoms with E-state index in [1.54, 1.807) is 0 Å². The number of hydrogen-bond acceptors (Lipinski definition) is 6. The number of halogens is 4. The Bertz CT molecular complexity index is 1250. The van der Waals surface area contributed by atoms with Gasteiger partial charge in [0, 0.05) is 29.6 Å². The van der Waals surface area contributed by atoms with Gasteiger partial charge in [-0.3, -0.25) is 4.79 Å². The zero-order valence-corrected chi connectivity index (χ0v) is 19.1. The number of nitrogens with two attached hydrogens (primary N) is 1. The van der Waals surface area contributed by atoms with Crippen molar-refractivity contribution in [3.63, 3.8) is 0 Å². The summed E-state index contributed by atoms with van der Waals surface area (Å²) < 4.78 is 63.8. The second kappa shape index (κ2) is 9.95. The largest absolute Gasteiger partial charge is 0.416 e. The summed E-state index contributed by atoms with van der Waals surface area (Å²) in [5.74, 6) is -0.318. The molecule has 0 saturated heterocycles. The molecule has 0 saturated carbocycles. The lowest BCUT2D eigenvalue weighted by molar-refractivity contribution is -0.137. The van der Waals surface area contributed by atoms with E-state index in [4.69, 9.17) is 11.0 Å². The Hall–Kier alpha value is -2.87. The minimum atomic E-state index is -4.53. The maximum Gasteiger partial charge on any atom is 0.416 e. The van der Waals surface area contributed by atoms with Crippen molar-refractivity contribution in [2.45, 2.75) is 36.4 Å². The van der Waals surface area contributed by atoms with Crippen LogP contribution in [0.4, 0.5) is 18.9 Å². The van der Waals surface area contributed by atoms with Crippen molar-refractivity contribution in [2.75, 3.05) is 11.6 Å². The van der Waals surface area contributed by atoms with Crippen molar-refractivity contribution in [3.05, 3.63) is 70.4 Å². The third-order valence-electron chi connectivity index (χ3n) is 5.13. The Morgan fingerprint density at radius 3 is 2.45 bits per heavy atom. The number of Topliss-reactive ketones (excluding diaryl/α,β-unsaturated/α-hetero) is 1. The molecule has 11 heteroatoms. The summed E-state index contributed by atoms with van der Waals surface area (Å²) in [5, 5.41) is 12.0. The number of alkyl halides is 3. The van der Waals surface area contributed by atoms with Crippen LogP contribution in [0.3, 0.4) is 0 Å². The van der Waals surface area contributed by atoms with Gasteiger partial charge in [-0.25, -0.2) is 8.42 Å². The molecule has 0 amide bonds. The van der Waals surface area contributed by atoms with Crippen LogP contribution in [0.2, 0.25) is 0 Å². The average Bonchev–Trinajstić information content (AvgIpc) is 2.72. The van der Waals surface area contributed by atoms with E-state index in [2.05, 4.69) is 5.32 Å². The number of sulfone groups is 1. The zero-order chi connectivity index (χ0) is 23.7. The highest BCUT2D eigenvalue weighted by atomic mass is 35.5. The number of carbonyl (C=O) groups is 1. The molecule has 1 aliphatic carbocycles. The predicted molar refractivity (Wildman–Crippen MR) is 119 cm³/mol. The van der Waals surface area contributed by atoms with E-state index < -0.39 is 27.6 Å².